The second-order valence-electron chi connectivity index (χ2n) is 6.63. The number of rotatable bonds is 9. The molecule has 6 heteroatoms. The van der Waals surface area contributed by atoms with Gasteiger partial charge in [0.2, 0.25) is 0 Å². The second-order valence-corrected chi connectivity index (χ2v) is 6.63. The van der Waals surface area contributed by atoms with Crippen LogP contribution in [-0.2, 0) is 16.0 Å². The fraction of sp³-hybridized carbons (Fsp3) is 0.611. The van der Waals surface area contributed by atoms with Gasteiger partial charge >= 0.3 is 13.3 Å². The van der Waals surface area contributed by atoms with Crippen LogP contribution < -0.4 is 5.73 Å². The van der Waals surface area contributed by atoms with Crippen LogP contribution in [0, 0.1) is 11.8 Å². The smallest absolute Gasteiger partial charge is 0.427 e. The molecule has 132 valence electrons. The van der Waals surface area contributed by atoms with E-state index in [0.717, 1.165) is 25.2 Å². The Bertz CT molecular complexity index is 471. The molecule has 0 heterocycles. The first-order chi connectivity index (χ1) is 11.6. The largest absolute Gasteiger partial charge is 0.451 e. The number of aryl methyl sites for hydroxylation is 1. The number of unbranched alkanes of at least 4 members (excludes halogenated alkanes) is 1. The van der Waals surface area contributed by atoms with Crippen molar-refractivity contribution in [2.45, 2.75) is 57.3 Å². The highest BCUT2D eigenvalue weighted by Crippen LogP contribution is 2.39. The average molecular weight is 333 g/mol. The summed E-state index contributed by atoms with van der Waals surface area (Å²) < 4.78 is 0. The third kappa shape index (κ3) is 8.41. The first-order valence-corrected chi connectivity index (χ1v) is 8.71. The van der Waals surface area contributed by atoms with Crippen molar-refractivity contribution in [2.24, 2.45) is 17.6 Å². The molecular formula is C18H28BNO4. The lowest BCUT2D eigenvalue weighted by atomic mass is 9.68. The van der Waals surface area contributed by atoms with E-state index in [-0.39, 0.29) is 6.15 Å². The fourth-order valence-electron chi connectivity index (χ4n) is 3.33. The van der Waals surface area contributed by atoms with Crippen LogP contribution in [0.4, 0.5) is 0 Å². The summed E-state index contributed by atoms with van der Waals surface area (Å²) in [5.74, 6) is 1.53. The normalized spacial score (nSPS) is 20.1. The number of nitrogens with two attached hydrogens (primary N) is 1. The zero-order valence-corrected chi connectivity index (χ0v) is 14.1. The molecule has 1 aromatic rings. The summed E-state index contributed by atoms with van der Waals surface area (Å²) in [4.78, 5) is 16.2. The van der Waals surface area contributed by atoms with E-state index in [4.69, 9.17) is 25.4 Å². The van der Waals surface area contributed by atoms with E-state index in [1.54, 1.807) is 0 Å². The topological polar surface area (TPSA) is 101 Å². The Hall–Kier alpha value is -1.46. The summed E-state index contributed by atoms with van der Waals surface area (Å²) in [6, 6.07) is 11.0. The van der Waals surface area contributed by atoms with Crippen molar-refractivity contribution < 1.29 is 19.6 Å². The van der Waals surface area contributed by atoms with Crippen LogP contribution in [0.2, 0.25) is 6.32 Å². The Morgan fingerprint density at radius 3 is 2.38 bits per heavy atom. The highest BCUT2D eigenvalue weighted by atomic mass is 16.4. The molecule has 2 rings (SSSR count). The molecule has 1 aliphatic rings. The van der Waals surface area contributed by atoms with E-state index in [0.29, 0.717) is 18.3 Å². The lowest BCUT2D eigenvalue weighted by Crippen LogP contribution is -2.39. The molecule has 0 bridgehead atoms. The van der Waals surface area contributed by atoms with E-state index in [1.165, 1.54) is 31.2 Å². The number of hydrogen-bond donors (Lipinski definition) is 3. The Morgan fingerprint density at radius 1 is 1.17 bits per heavy atom. The second kappa shape index (κ2) is 12.0. The molecule has 0 amide bonds. The lowest BCUT2D eigenvalue weighted by molar-refractivity contribution is -0.191. The summed E-state index contributed by atoms with van der Waals surface area (Å²) >= 11 is 0. The van der Waals surface area contributed by atoms with Gasteiger partial charge in [-0.2, -0.15) is 9.59 Å². The van der Waals surface area contributed by atoms with Gasteiger partial charge in [0.25, 0.3) is 0 Å². The van der Waals surface area contributed by atoms with E-state index in [2.05, 4.69) is 30.3 Å². The van der Waals surface area contributed by atoms with Crippen LogP contribution in [0.25, 0.3) is 0 Å². The molecule has 24 heavy (non-hydrogen) atoms. The summed E-state index contributed by atoms with van der Waals surface area (Å²) in [5, 5.41) is 17.6. The molecular weight excluding hydrogens is 305 g/mol. The predicted molar refractivity (Wildman–Crippen MR) is 92.8 cm³/mol. The maximum Gasteiger partial charge on any atom is 0.451 e. The fourth-order valence-corrected chi connectivity index (χ4v) is 3.33. The Kier molecular flexibility index (Phi) is 10.3. The molecule has 0 radical (unpaired) electrons. The first kappa shape index (κ1) is 20.6. The van der Waals surface area contributed by atoms with E-state index in [9.17, 15) is 0 Å². The Morgan fingerprint density at radius 2 is 1.79 bits per heavy atom. The minimum Gasteiger partial charge on any atom is -0.427 e. The summed E-state index contributed by atoms with van der Waals surface area (Å²) in [6.07, 6.45) is 8.61. The van der Waals surface area contributed by atoms with Gasteiger partial charge in [0.1, 0.15) is 0 Å². The van der Waals surface area contributed by atoms with E-state index < -0.39 is 7.12 Å². The van der Waals surface area contributed by atoms with Crippen molar-refractivity contribution in [3.05, 3.63) is 35.9 Å². The molecule has 0 aliphatic heterocycles. The van der Waals surface area contributed by atoms with Crippen LogP contribution in [-0.4, -0.2) is 29.4 Å². The molecule has 1 atom stereocenters. The van der Waals surface area contributed by atoms with Crippen molar-refractivity contribution >= 4 is 13.3 Å². The number of carbonyl (C=O) groups excluding carboxylic acids is 2. The number of hydrogen-bond acceptors (Lipinski definition) is 5. The van der Waals surface area contributed by atoms with Gasteiger partial charge in [0.05, 0.1) is 0 Å². The molecule has 1 aliphatic carbocycles. The molecule has 1 unspecified atom stereocenters. The monoisotopic (exact) mass is 333 g/mol. The van der Waals surface area contributed by atoms with E-state index >= 15 is 0 Å². The molecule has 0 spiro atoms. The van der Waals surface area contributed by atoms with Gasteiger partial charge in [-0.05, 0) is 55.8 Å². The number of benzene rings is 1. The molecule has 4 N–H and O–H groups in total. The van der Waals surface area contributed by atoms with Crippen molar-refractivity contribution in [1.82, 2.24) is 0 Å². The van der Waals surface area contributed by atoms with Crippen molar-refractivity contribution in [3.8, 4) is 0 Å². The molecule has 1 saturated carbocycles. The van der Waals surface area contributed by atoms with Gasteiger partial charge in [-0.3, -0.25) is 0 Å². The molecule has 5 nitrogen and oxygen atoms in total. The summed E-state index contributed by atoms with van der Waals surface area (Å²) in [6.45, 7) is 0. The summed E-state index contributed by atoms with van der Waals surface area (Å²) in [7, 11) is -1.16. The standard InChI is InChI=1S/C17H28BNO2.CO2/c19-17(8-4-5-11-18(20)21)16-12-15(13-16)10-9-14-6-2-1-3-7-14;2-1-3/h1-3,6-7,15-17,20-21H,4-5,8-13,19H2;. The predicted octanol–water partition coefficient (Wildman–Crippen LogP) is 2.03. The Labute approximate surface area is 144 Å². The van der Waals surface area contributed by atoms with Crippen LogP contribution in [0.3, 0.4) is 0 Å². The first-order valence-electron chi connectivity index (χ1n) is 8.71. The van der Waals surface area contributed by atoms with Gasteiger partial charge in [-0.25, -0.2) is 0 Å². The van der Waals surface area contributed by atoms with Gasteiger partial charge < -0.3 is 15.8 Å². The van der Waals surface area contributed by atoms with Crippen molar-refractivity contribution in [1.29, 1.82) is 0 Å². The Balaban J connectivity index is 0.000000891. The third-order valence-corrected chi connectivity index (χ3v) is 4.81. The maximum atomic E-state index is 8.80. The zero-order valence-electron chi connectivity index (χ0n) is 14.1. The van der Waals surface area contributed by atoms with Gasteiger partial charge in [-0.1, -0.05) is 43.2 Å². The van der Waals surface area contributed by atoms with Crippen LogP contribution >= 0.6 is 0 Å². The molecule has 0 aromatic heterocycles. The van der Waals surface area contributed by atoms with Crippen LogP contribution in [0.1, 0.15) is 44.1 Å². The van der Waals surface area contributed by atoms with Gasteiger partial charge in [-0.15, -0.1) is 0 Å². The van der Waals surface area contributed by atoms with Gasteiger partial charge in [0.15, 0.2) is 0 Å². The molecule has 0 saturated heterocycles. The maximum absolute atomic E-state index is 8.80. The minimum absolute atomic E-state index is 0.250. The average Bonchev–Trinajstić information content (AvgIpc) is 2.51. The SMILES string of the molecule is NC(CCCCB(O)O)C1CC(CCc2ccccc2)C1.O=C=O. The zero-order chi connectivity index (χ0) is 17.8. The van der Waals surface area contributed by atoms with Gasteiger partial charge in [0, 0.05) is 6.04 Å². The van der Waals surface area contributed by atoms with E-state index in [1.807, 2.05) is 0 Å². The quantitative estimate of drug-likeness (QED) is 0.474. The molecule has 1 aromatic carbocycles. The minimum atomic E-state index is -1.16. The highest BCUT2D eigenvalue weighted by Gasteiger charge is 2.32. The third-order valence-electron chi connectivity index (χ3n) is 4.81. The summed E-state index contributed by atoms with van der Waals surface area (Å²) in [5.41, 5.74) is 7.68. The lowest BCUT2D eigenvalue weighted by Gasteiger charge is -2.39. The highest BCUT2D eigenvalue weighted by molar-refractivity contribution is 6.40. The molecule has 1 fully saturated rings. The van der Waals surface area contributed by atoms with Crippen LogP contribution in [0.15, 0.2) is 30.3 Å². The van der Waals surface area contributed by atoms with Crippen molar-refractivity contribution in [2.75, 3.05) is 0 Å². The van der Waals surface area contributed by atoms with Crippen LogP contribution in [0.5, 0.6) is 0 Å². The van der Waals surface area contributed by atoms with Crippen molar-refractivity contribution in [3.63, 3.8) is 0 Å².